The molecular weight excluding hydrogens is 254 g/mol. The van der Waals surface area contributed by atoms with E-state index >= 15 is 0 Å². The van der Waals surface area contributed by atoms with Crippen LogP contribution in [0.1, 0.15) is 78.1 Å². The quantitative estimate of drug-likeness (QED) is 0.456. The first-order chi connectivity index (χ1) is 9.31. The zero-order valence-electron chi connectivity index (χ0n) is 13.2. The van der Waals surface area contributed by atoms with Crippen molar-refractivity contribution in [3.8, 4) is 0 Å². The third-order valence-electron chi connectivity index (χ3n) is 3.54. The van der Waals surface area contributed by atoms with Crippen molar-refractivity contribution in [3.63, 3.8) is 0 Å². The minimum atomic E-state index is -0.605. The summed E-state index contributed by atoms with van der Waals surface area (Å²) in [6.07, 6.45) is 13.9. The summed E-state index contributed by atoms with van der Waals surface area (Å²) in [6, 6.07) is 0. The molecule has 0 aliphatic carbocycles. The number of nitrogens with one attached hydrogen (secondary N) is 1. The van der Waals surface area contributed by atoms with Gasteiger partial charge in [0.1, 0.15) is 0 Å². The molecule has 0 bridgehead atoms. The van der Waals surface area contributed by atoms with Gasteiger partial charge in [-0.2, -0.15) is 0 Å². The van der Waals surface area contributed by atoms with E-state index in [9.17, 15) is 4.21 Å². The monoisotopic (exact) mass is 289 g/mol. The third kappa shape index (κ3) is 16.1. The average Bonchev–Trinajstić information content (AvgIpc) is 2.43. The standard InChI is InChI=1S/C16H35NOS/c1-3-5-6-7-8-9-10-11-12-13-14-17-15-16-19(18)4-2/h17H,3-16H2,1-2H3. The molecule has 3 heteroatoms. The summed E-state index contributed by atoms with van der Waals surface area (Å²) in [6.45, 7) is 6.27. The predicted octanol–water partition coefficient (Wildman–Crippen LogP) is 4.27. The molecule has 1 N–H and O–H groups in total. The zero-order chi connectivity index (χ0) is 14.2. The number of unbranched alkanes of at least 4 members (excludes halogenated alkanes) is 9. The molecule has 0 rings (SSSR count). The van der Waals surface area contributed by atoms with Crippen molar-refractivity contribution in [1.29, 1.82) is 0 Å². The maximum atomic E-state index is 11.2. The second-order valence-electron chi connectivity index (χ2n) is 5.36. The van der Waals surface area contributed by atoms with Crippen molar-refractivity contribution in [2.24, 2.45) is 0 Å². The normalized spacial score (nSPS) is 12.7. The Labute approximate surface area is 123 Å². The van der Waals surface area contributed by atoms with E-state index in [4.69, 9.17) is 0 Å². The van der Waals surface area contributed by atoms with E-state index in [1.54, 1.807) is 0 Å². The lowest BCUT2D eigenvalue weighted by Crippen LogP contribution is -2.22. The summed E-state index contributed by atoms with van der Waals surface area (Å²) in [4.78, 5) is 0. The molecule has 19 heavy (non-hydrogen) atoms. The summed E-state index contributed by atoms with van der Waals surface area (Å²) >= 11 is 0. The van der Waals surface area contributed by atoms with Crippen LogP contribution in [0.3, 0.4) is 0 Å². The second-order valence-corrected chi connectivity index (χ2v) is 7.23. The smallest absolute Gasteiger partial charge is 0.0359 e. The summed E-state index contributed by atoms with van der Waals surface area (Å²) < 4.78 is 11.2. The Bertz CT molecular complexity index is 197. The van der Waals surface area contributed by atoms with Crippen LogP contribution >= 0.6 is 0 Å². The number of hydrogen-bond acceptors (Lipinski definition) is 2. The number of hydrogen-bond donors (Lipinski definition) is 1. The fourth-order valence-electron chi connectivity index (χ4n) is 2.19. The lowest BCUT2D eigenvalue weighted by Gasteiger charge is -2.04. The SMILES string of the molecule is CCCCCCCCCCCCNCCS(=O)CC. The predicted molar refractivity (Wildman–Crippen MR) is 88.3 cm³/mol. The molecule has 0 heterocycles. The Morgan fingerprint density at radius 1 is 0.737 bits per heavy atom. The van der Waals surface area contributed by atoms with E-state index in [0.717, 1.165) is 24.6 Å². The fourth-order valence-corrected chi connectivity index (χ4v) is 2.85. The van der Waals surface area contributed by atoms with Gasteiger partial charge in [0.25, 0.3) is 0 Å². The van der Waals surface area contributed by atoms with Crippen molar-refractivity contribution in [2.75, 3.05) is 24.6 Å². The van der Waals surface area contributed by atoms with Crippen molar-refractivity contribution in [2.45, 2.75) is 78.1 Å². The molecule has 116 valence electrons. The Kier molecular flexibility index (Phi) is 16.3. The van der Waals surface area contributed by atoms with Crippen LogP contribution in [0.15, 0.2) is 0 Å². The fraction of sp³-hybridized carbons (Fsp3) is 1.00. The van der Waals surface area contributed by atoms with Gasteiger partial charge in [-0.05, 0) is 13.0 Å². The Morgan fingerprint density at radius 2 is 1.26 bits per heavy atom. The van der Waals surface area contributed by atoms with Crippen LogP contribution in [-0.4, -0.2) is 28.8 Å². The van der Waals surface area contributed by atoms with Crippen molar-refractivity contribution in [3.05, 3.63) is 0 Å². The van der Waals surface area contributed by atoms with Gasteiger partial charge in [-0.3, -0.25) is 4.21 Å². The first kappa shape index (κ1) is 19.1. The molecule has 0 aliphatic rings. The third-order valence-corrected chi connectivity index (χ3v) is 4.84. The van der Waals surface area contributed by atoms with Crippen LogP contribution < -0.4 is 5.32 Å². The van der Waals surface area contributed by atoms with Crippen LogP contribution in [0.2, 0.25) is 0 Å². The highest BCUT2D eigenvalue weighted by atomic mass is 32.2. The maximum absolute atomic E-state index is 11.2. The Hall–Kier alpha value is 0.110. The van der Waals surface area contributed by atoms with E-state index < -0.39 is 10.8 Å². The van der Waals surface area contributed by atoms with Crippen molar-refractivity contribution in [1.82, 2.24) is 5.32 Å². The highest BCUT2D eigenvalue weighted by molar-refractivity contribution is 7.84. The number of rotatable bonds is 15. The molecule has 2 nitrogen and oxygen atoms in total. The summed E-state index contributed by atoms with van der Waals surface area (Å²) in [5.41, 5.74) is 0. The van der Waals surface area contributed by atoms with Gasteiger partial charge >= 0.3 is 0 Å². The molecule has 0 saturated heterocycles. The van der Waals surface area contributed by atoms with Gasteiger partial charge in [-0.1, -0.05) is 71.6 Å². The molecule has 0 saturated carbocycles. The largest absolute Gasteiger partial charge is 0.316 e. The average molecular weight is 290 g/mol. The van der Waals surface area contributed by atoms with Gasteiger partial charge in [0.15, 0.2) is 0 Å². The topological polar surface area (TPSA) is 29.1 Å². The molecule has 1 unspecified atom stereocenters. The van der Waals surface area contributed by atoms with Crippen LogP contribution in [0.5, 0.6) is 0 Å². The molecule has 0 aromatic rings. The van der Waals surface area contributed by atoms with E-state index in [-0.39, 0.29) is 0 Å². The summed E-state index contributed by atoms with van der Waals surface area (Å²) in [5, 5.41) is 3.38. The maximum Gasteiger partial charge on any atom is 0.0359 e. The minimum Gasteiger partial charge on any atom is -0.316 e. The van der Waals surface area contributed by atoms with Crippen LogP contribution in [-0.2, 0) is 10.8 Å². The molecule has 0 fully saturated rings. The molecule has 0 aromatic heterocycles. The van der Waals surface area contributed by atoms with Crippen LogP contribution in [0.4, 0.5) is 0 Å². The van der Waals surface area contributed by atoms with Crippen LogP contribution in [0.25, 0.3) is 0 Å². The molecule has 1 atom stereocenters. The molecular formula is C16H35NOS. The second kappa shape index (κ2) is 16.2. The molecule has 0 spiro atoms. The lowest BCUT2D eigenvalue weighted by atomic mass is 10.1. The first-order valence-corrected chi connectivity index (χ1v) is 9.85. The van der Waals surface area contributed by atoms with Gasteiger partial charge < -0.3 is 5.32 Å². The molecule has 0 aliphatic heterocycles. The van der Waals surface area contributed by atoms with Gasteiger partial charge in [0.2, 0.25) is 0 Å². The van der Waals surface area contributed by atoms with E-state index in [0.29, 0.717) is 0 Å². The van der Waals surface area contributed by atoms with Crippen molar-refractivity contribution < 1.29 is 4.21 Å². The minimum absolute atomic E-state index is 0.605. The highest BCUT2D eigenvalue weighted by Crippen LogP contribution is 2.10. The zero-order valence-corrected chi connectivity index (χ0v) is 14.0. The van der Waals surface area contributed by atoms with E-state index in [2.05, 4.69) is 12.2 Å². The molecule has 0 radical (unpaired) electrons. The van der Waals surface area contributed by atoms with Gasteiger partial charge in [-0.15, -0.1) is 0 Å². The Balaban J connectivity index is 2.97. The molecule has 0 amide bonds. The van der Waals surface area contributed by atoms with Gasteiger partial charge in [-0.25, -0.2) is 0 Å². The van der Waals surface area contributed by atoms with Gasteiger partial charge in [0.05, 0.1) is 0 Å². The first-order valence-electron chi connectivity index (χ1n) is 8.37. The highest BCUT2D eigenvalue weighted by Gasteiger charge is 1.95. The van der Waals surface area contributed by atoms with Crippen molar-refractivity contribution >= 4 is 10.8 Å². The van der Waals surface area contributed by atoms with E-state index in [1.165, 1.54) is 64.2 Å². The van der Waals surface area contributed by atoms with Gasteiger partial charge in [0, 0.05) is 28.9 Å². The summed E-state index contributed by atoms with van der Waals surface area (Å²) in [5.74, 6) is 1.61. The summed E-state index contributed by atoms with van der Waals surface area (Å²) in [7, 11) is -0.605. The van der Waals surface area contributed by atoms with Crippen LogP contribution in [0, 0.1) is 0 Å². The Morgan fingerprint density at radius 3 is 1.79 bits per heavy atom. The van der Waals surface area contributed by atoms with E-state index in [1.807, 2.05) is 6.92 Å². The molecule has 0 aromatic carbocycles. The lowest BCUT2D eigenvalue weighted by molar-refractivity contribution is 0.547.